The Hall–Kier alpha value is -2.63. The van der Waals surface area contributed by atoms with Crippen LogP contribution in [-0.4, -0.2) is 23.8 Å². The van der Waals surface area contributed by atoms with E-state index in [-0.39, 0.29) is 17.9 Å². The average Bonchev–Trinajstić information content (AvgIpc) is 3.23. The van der Waals surface area contributed by atoms with Crippen LogP contribution < -0.4 is 5.32 Å². The number of benzene rings is 2. The van der Waals surface area contributed by atoms with Crippen molar-refractivity contribution in [2.24, 2.45) is 0 Å². The maximum Gasteiger partial charge on any atom is 0.265 e. The molecule has 0 radical (unpaired) electrons. The fourth-order valence-corrected chi connectivity index (χ4v) is 3.46. The number of nitrogens with one attached hydrogen (secondary N) is 1. The van der Waals surface area contributed by atoms with Crippen molar-refractivity contribution in [2.45, 2.75) is 13.0 Å². The van der Waals surface area contributed by atoms with Crippen molar-refractivity contribution in [3.63, 3.8) is 0 Å². The zero-order valence-electron chi connectivity index (χ0n) is 15.0. The number of anilines is 1. The molecule has 2 aromatic carbocycles. The number of carbonyl (C=O) groups is 2. The van der Waals surface area contributed by atoms with Gasteiger partial charge in [0.1, 0.15) is 0 Å². The Morgan fingerprint density at radius 2 is 1.81 bits per heavy atom. The predicted molar refractivity (Wildman–Crippen MR) is 111 cm³/mol. The smallest absolute Gasteiger partial charge is 0.265 e. The third kappa shape index (κ3) is 4.38. The lowest BCUT2D eigenvalue weighted by Crippen LogP contribution is -2.29. The second-order valence-corrected chi connectivity index (χ2v) is 7.48. The molecule has 0 aliphatic rings. The molecule has 1 N–H and O–H groups in total. The Bertz CT molecular complexity index is 942. The summed E-state index contributed by atoms with van der Waals surface area (Å²) in [5.74, 6) is -0.392. The Morgan fingerprint density at radius 1 is 1.07 bits per heavy atom. The first kappa shape index (κ1) is 19.1. The number of rotatable bonds is 5. The molecule has 138 valence electrons. The van der Waals surface area contributed by atoms with Gasteiger partial charge in [-0.2, -0.15) is 0 Å². The first-order valence-electron chi connectivity index (χ1n) is 8.44. The molecule has 3 aromatic rings. The van der Waals surface area contributed by atoms with Crippen molar-refractivity contribution in [3.8, 4) is 0 Å². The van der Waals surface area contributed by atoms with E-state index in [2.05, 4.69) is 5.32 Å². The van der Waals surface area contributed by atoms with Gasteiger partial charge >= 0.3 is 0 Å². The first-order valence-corrected chi connectivity index (χ1v) is 9.69. The van der Waals surface area contributed by atoms with Crippen LogP contribution in [-0.2, 0) is 0 Å². The number of amides is 2. The molecule has 1 atom stereocenters. The van der Waals surface area contributed by atoms with E-state index >= 15 is 0 Å². The summed E-state index contributed by atoms with van der Waals surface area (Å²) in [6.45, 7) is 1.97. The Balaban J connectivity index is 1.80. The number of halogens is 1. The topological polar surface area (TPSA) is 49.4 Å². The molecular weight excluding hydrogens is 380 g/mol. The maximum absolute atomic E-state index is 12.9. The third-order valence-electron chi connectivity index (χ3n) is 4.39. The van der Waals surface area contributed by atoms with Gasteiger partial charge in [0.05, 0.1) is 21.6 Å². The maximum atomic E-state index is 12.9. The molecule has 0 spiro atoms. The van der Waals surface area contributed by atoms with Crippen LogP contribution in [0.5, 0.6) is 0 Å². The van der Waals surface area contributed by atoms with Crippen LogP contribution in [0.3, 0.4) is 0 Å². The van der Waals surface area contributed by atoms with E-state index in [0.29, 0.717) is 21.2 Å². The average molecular weight is 399 g/mol. The van der Waals surface area contributed by atoms with Gasteiger partial charge in [-0.25, -0.2) is 0 Å². The molecule has 3 rings (SSSR count). The van der Waals surface area contributed by atoms with Crippen LogP contribution in [0.2, 0.25) is 5.02 Å². The van der Waals surface area contributed by atoms with Gasteiger partial charge in [-0.05, 0) is 42.1 Å². The lowest BCUT2D eigenvalue weighted by atomic mass is 10.1. The summed E-state index contributed by atoms with van der Waals surface area (Å²) in [4.78, 5) is 27.4. The van der Waals surface area contributed by atoms with Crippen LogP contribution >= 0.6 is 22.9 Å². The number of carbonyl (C=O) groups excluding carboxylic acids is 2. The quantitative estimate of drug-likeness (QED) is 0.618. The standard InChI is InChI=1S/C21H19ClN2O2S/c1-14(15-7-4-3-5-8-15)24(2)21(26)16-10-11-17(22)18(13-16)23-20(25)19-9-6-12-27-19/h3-14H,1-2H3,(H,23,25). The van der Waals surface area contributed by atoms with Crippen LogP contribution in [0.1, 0.15) is 38.6 Å². The zero-order chi connectivity index (χ0) is 19.4. The van der Waals surface area contributed by atoms with E-state index in [1.165, 1.54) is 11.3 Å². The molecule has 27 heavy (non-hydrogen) atoms. The van der Waals surface area contributed by atoms with Gasteiger partial charge in [-0.3, -0.25) is 9.59 Å². The molecular formula is C21H19ClN2O2S. The molecule has 0 saturated carbocycles. The molecule has 0 aliphatic heterocycles. The molecule has 0 saturated heterocycles. The molecule has 2 amide bonds. The number of hydrogen-bond acceptors (Lipinski definition) is 3. The molecule has 0 bridgehead atoms. The lowest BCUT2D eigenvalue weighted by Gasteiger charge is -2.25. The molecule has 6 heteroatoms. The summed E-state index contributed by atoms with van der Waals surface area (Å²) in [5.41, 5.74) is 1.93. The van der Waals surface area contributed by atoms with Crippen molar-refractivity contribution in [2.75, 3.05) is 12.4 Å². The predicted octanol–water partition coefficient (Wildman–Crippen LogP) is 5.49. The van der Waals surface area contributed by atoms with Crippen molar-refractivity contribution < 1.29 is 9.59 Å². The van der Waals surface area contributed by atoms with Crippen molar-refractivity contribution in [1.29, 1.82) is 0 Å². The highest BCUT2D eigenvalue weighted by molar-refractivity contribution is 7.12. The summed E-state index contributed by atoms with van der Waals surface area (Å²) in [5, 5.41) is 4.99. The summed E-state index contributed by atoms with van der Waals surface area (Å²) < 4.78 is 0. The second kappa shape index (κ2) is 8.37. The van der Waals surface area contributed by atoms with Crippen LogP contribution in [0, 0.1) is 0 Å². The van der Waals surface area contributed by atoms with Gasteiger partial charge in [0.15, 0.2) is 0 Å². The first-order chi connectivity index (χ1) is 13.0. The van der Waals surface area contributed by atoms with Crippen molar-refractivity contribution in [3.05, 3.63) is 87.1 Å². The van der Waals surface area contributed by atoms with Crippen LogP contribution in [0.4, 0.5) is 5.69 Å². The van der Waals surface area contributed by atoms with E-state index in [9.17, 15) is 9.59 Å². The third-order valence-corrected chi connectivity index (χ3v) is 5.59. The van der Waals surface area contributed by atoms with Gasteiger partial charge in [-0.1, -0.05) is 48.0 Å². The highest BCUT2D eigenvalue weighted by Crippen LogP contribution is 2.27. The number of hydrogen-bond donors (Lipinski definition) is 1. The molecule has 1 aromatic heterocycles. The van der Waals surface area contributed by atoms with E-state index in [1.54, 1.807) is 42.3 Å². The van der Waals surface area contributed by atoms with Crippen LogP contribution in [0.25, 0.3) is 0 Å². The zero-order valence-corrected chi connectivity index (χ0v) is 16.6. The fourth-order valence-electron chi connectivity index (χ4n) is 2.68. The minimum absolute atomic E-state index is 0.0847. The molecule has 4 nitrogen and oxygen atoms in total. The molecule has 0 fully saturated rings. The van der Waals surface area contributed by atoms with E-state index < -0.39 is 0 Å². The molecule has 1 heterocycles. The van der Waals surface area contributed by atoms with Gasteiger partial charge in [0.2, 0.25) is 0 Å². The largest absolute Gasteiger partial charge is 0.335 e. The van der Waals surface area contributed by atoms with E-state index in [4.69, 9.17) is 11.6 Å². The summed E-state index contributed by atoms with van der Waals surface area (Å²) in [6, 6.07) is 18.2. The van der Waals surface area contributed by atoms with Crippen LogP contribution in [0.15, 0.2) is 66.0 Å². The molecule has 1 unspecified atom stereocenters. The van der Waals surface area contributed by atoms with E-state index in [1.807, 2.05) is 42.6 Å². The van der Waals surface area contributed by atoms with Gasteiger partial charge in [-0.15, -0.1) is 11.3 Å². The second-order valence-electron chi connectivity index (χ2n) is 6.13. The highest BCUT2D eigenvalue weighted by Gasteiger charge is 2.20. The minimum Gasteiger partial charge on any atom is -0.335 e. The Kier molecular flexibility index (Phi) is 5.94. The molecule has 0 aliphatic carbocycles. The van der Waals surface area contributed by atoms with Gasteiger partial charge in [0.25, 0.3) is 11.8 Å². The van der Waals surface area contributed by atoms with Gasteiger partial charge < -0.3 is 10.2 Å². The Morgan fingerprint density at radius 3 is 2.48 bits per heavy atom. The number of nitrogens with zero attached hydrogens (tertiary/aromatic N) is 1. The van der Waals surface area contributed by atoms with Gasteiger partial charge in [0, 0.05) is 12.6 Å². The lowest BCUT2D eigenvalue weighted by molar-refractivity contribution is 0.0742. The van der Waals surface area contributed by atoms with E-state index in [0.717, 1.165) is 5.56 Å². The normalized spacial score (nSPS) is 11.7. The summed E-state index contributed by atoms with van der Waals surface area (Å²) in [7, 11) is 1.76. The Labute approximate surface area is 167 Å². The number of thiophene rings is 1. The SMILES string of the molecule is CC(c1ccccc1)N(C)C(=O)c1ccc(Cl)c(NC(=O)c2cccs2)c1. The summed E-state index contributed by atoms with van der Waals surface area (Å²) >= 11 is 7.55. The van der Waals surface area contributed by atoms with Crippen molar-refractivity contribution >= 4 is 40.4 Å². The summed E-state index contributed by atoms with van der Waals surface area (Å²) in [6.07, 6.45) is 0. The monoisotopic (exact) mass is 398 g/mol. The highest BCUT2D eigenvalue weighted by atomic mass is 35.5. The van der Waals surface area contributed by atoms with Crippen molar-refractivity contribution in [1.82, 2.24) is 4.90 Å². The fraction of sp³-hybridized carbons (Fsp3) is 0.143. The minimum atomic E-state index is -0.248.